The van der Waals surface area contributed by atoms with Crippen molar-refractivity contribution in [2.75, 3.05) is 0 Å². The fourth-order valence-corrected chi connectivity index (χ4v) is 2.72. The topological polar surface area (TPSA) is 52.1 Å². The molecule has 7 heteroatoms. The lowest BCUT2D eigenvalue weighted by Gasteiger charge is -2.12. The number of hydrogen-bond acceptors (Lipinski definition) is 4. The van der Waals surface area contributed by atoms with Crippen LogP contribution in [0.1, 0.15) is 10.5 Å². The summed E-state index contributed by atoms with van der Waals surface area (Å²) in [6, 6.07) is 10.2. The van der Waals surface area contributed by atoms with E-state index in [0.29, 0.717) is 15.6 Å². The number of benzene rings is 2. The van der Waals surface area contributed by atoms with Gasteiger partial charge in [0.1, 0.15) is 0 Å². The highest BCUT2D eigenvalue weighted by molar-refractivity contribution is 6.36. The van der Waals surface area contributed by atoms with Gasteiger partial charge in [-0.05, 0) is 29.8 Å². The van der Waals surface area contributed by atoms with Crippen LogP contribution >= 0.6 is 34.8 Å². The van der Waals surface area contributed by atoms with Crippen LogP contribution < -0.4 is 4.74 Å². The van der Waals surface area contributed by atoms with Gasteiger partial charge in [-0.15, -0.1) is 0 Å². The Hall–Kier alpha value is -2.14. The molecule has 0 atom stereocenters. The molecule has 0 saturated heterocycles. The second-order valence-electron chi connectivity index (χ2n) is 4.75. The molecule has 0 aliphatic rings. The summed E-state index contributed by atoms with van der Waals surface area (Å²) in [6.45, 7) is 0. The lowest BCUT2D eigenvalue weighted by molar-refractivity contribution is 0.0729. The van der Waals surface area contributed by atoms with Crippen molar-refractivity contribution in [2.24, 2.45) is 0 Å². The van der Waals surface area contributed by atoms with Crippen LogP contribution in [0.4, 0.5) is 0 Å². The van der Waals surface area contributed by atoms with Crippen molar-refractivity contribution in [3.05, 3.63) is 75.8 Å². The molecule has 0 aliphatic carbocycles. The lowest BCUT2D eigenvalue weighted by atomic mass is 10.0. The van der Waals surface area contributed by atoms with Gasteiger partial charge in [0.15, 0.2) is 11.4 Å². The molecule has 0 bridgehead atoms. The molecule has 0 fully saturated rings. The smallest absolute Gasteiger partial charge is 0.364 e. The fourth-order valence-electron chi connectivity index (χ4n) is 2.06. The minimum Gasteiger partial charge on any atom is -0.419 e. The molecular weight excluding hydrogens is 371 g/mol. The van der Waals surface area contributed by atoms with Crippen LogP contribution in [0.15, 0.2) is 55.0 Å². The highest BCUT2D eigenvalue weighted by Crippen LogP contribution is 2.39. The zero-order valence-corrected chi connectivity index (χ0v) is 14.3. The van der Waals surface area contributed by atoms with Gasteiger partial charge >= 0.3 is 5.97 Å². The third kappa shape index (κ3) is 3.67. The third-order valence-corrected chi connectivity index (χ3v) is 3.88. The van der Waals surface area contributed by atoms with Crippen molar-refractivity contribution < 1.29 is 9.53 Å². The maximum absolute atomic E-state index is 12.3. The Labute approximate surface area is 153 Å². The van der Waals surface area contributed by atoms with E-state index in [4.69, 9.17) is 39.5 Å². The normalized spacial score (nSPS) is 10.5. The average Bonchev–Trinajstić information content (AvgIpc) is 2.58. The van der Waals surface area contributed by atoms with Crippen molar-refractivity contribution in [2.45, 2.75) is 0 Å². The van der Waals surface area contributed by atoms with Crippen molar-refractivity contribution in [1.82, 2.24) is 9.97 Å². The Kier molecular flexibility index (Phi) is 5.00. The van der Waals surface area contributed by atoms with Crippen LogP contribution in [0.5, 0.6) is 5.75 Å². The Balaban J connectivity index is 2.04. The third-order valence-electron chi connectivity index (χ3n) is 3.13. The zero-order chi connectivity index (χ0) is 17.1. The molecule has 1 heterocycles. The summed E-state index contributed by atoms with van der Waals surface area (Å²) in [6.07, 6.45) is 4.18. The quantitative estimate of drug-likeness (QED) is 0.456. The molecule has 0 unspecified atom stereocenters. The summed E-state index contributed by atoms with van der Waals surface area (Å²) in [7, 11) is 0. The van der Waals surface area contributed by atoms with Gasteiger partial charge in [0.25, 0.3) is 0 Å². The van der Waals surface area contributed by atoms with Crippen LogP contribution in [-0.2, 0) is 0 Å². The van der Waals surface area contributed by atoms with E-state index in [-0.39, 0.29) is 16.5 Å². The maximum atomic E-state index is 12.3. The molecule has 120 valence electrons. The van der Waals surface area contributed by atoms with E-state index < -0.39 is 5.97 Å². The van der Waals surface area contributed by atoms with Crippen LogP contribution in [0, 0.1) is 0 Å². The summed E-state index contributed by atoms with van der Waals surface area (Å²) in [5, 5.41) is 1.22. The van der Waals surface area contributed by atoms with Gasteiger partial charge in [-0.1, -0.05) is 46.9 Å². The molecule has 3 aromatic rings. The summed E-state index contributed by atoms with van der Waals surface area (Å²) in [5.74, 6) is -0.471. The first kappa shape index (κ1) is 16.7. The van der Waals surface area contributed by atoms with Gasteiger partial charge in [0.2, 0.25) is 0 Å². The Morgan fingerprint density at radius 1 is 0.958 bits per heavy atom. The number of halogens is 3. The molecule has 0 saturated carbocycles. The van der Waals surface area contributed by atoms with E-state index in [1.165, 1.54) is 24.7 Å². The molecule has 0 amide bonds. The largest absolute Gasteiger partial charge is 0.419 e. The highest BCUT2D eigenvalue weighted by atomic mass is 35.5. The van der Waals surface area contributed by atoms with E-state index in [0.717, 1.165) is 5.56 Å². The Bertz CT molecular complexity index is 884. The Morgan fingerprint density at radius 3 is 2.38 bits per heavy atom. The molecule has 3 rings (SSSR count). The number of esters is 1. The van der Waals surface area contributed by atoms with Crippen LogP contribution in [0.2, 0.25) is 15.1 Å². The second kappa shape index (κ2) is 7.18. The van der Waals surface area contributed by atoms with Crippen molar-refractivity contribution in [3.63, 3.8) is 0 Å². The Morgan fingerprint density at radius 2 is 1.71 bits per heavy atom. The number of carbonyl (C=O) groups excluding carboxylic acids is 1. The van der Waals surface area contributed by atoms with Crippen LogP contribution in [0.3, 0.4) is 0 Å². The van der Waals surface area contributed by atoms with E-state index in [2.05, 4.69) is 9.97 Å². The molecule has 4 nitrogen and oxygen atoms in total. The minimum absolute atomic E-state index is 0.0746. The van der Waals surface area contributed by atoms with E-state index in [9.17, 15) is 4.79 Å². The summed E-state index contributed by atoms with van der Waals surface area (Å²) >= 11 is 18.2. The van der Waals surface area contributed by atoms with Gasteiger partial charge in [-0.25, -0.2) is 9.78 Å². The van der Waals surface area contributed by atoms with Crippen LogP contribution in [0.25, 0.3) is 11.1 Å². The van der Waals surface area contributed by atoms with E-state index >= 15 is 0 Å². The standard InChI is InChI=1S/C17H9Cl3N2O2/c18-11-3-1-10(2-4-11)13-7-12(19)8-14(20)16(13)24-17(23)15-9-21-5-6-22-15/h1-9H. The SMILES string of the molecule is O=C(Oc1c(Cl)cc(Cl)cc1-c1ccc(Cl)cc1)c1cnccn1. The first-order chi connectivity index (χ1) is 11.5. The highest BCUT2D eigenvalue weighted by Gasteiger charge is 2.18. The van der Waals surface area contributed by atoms with E-state index in [1.54, 1.807) is 30.3 Å². The molecule has 0 radical (unpaired) electrons. The number of hydrogen-bond donors (Lipinski definition) is 0. The molecule has 24 heavy (non-hydrogen) atoms. The zero-order valence-electron chi connectivity index (χ0n) is 12.0. The molecule has 2 aromatic carbocycles. The summed E-state index contributed by atoms with van der Waals surface area (Å²) in [4.78, 5) is 20.0. The average molecular weight is 380 g/mol. The predicted molar refractivity (Wildman–Crippen MR) is 93.9 cm³/mol. The molecule has 0 N–H and O–H groups in total. The first-order valence-corrected chi connectivity index (χ1v) is 7.91. The van der Waals surface area contributed by atoms with Gasteiger partial charge in [-0.2, -0.15) is 0 Å². The summed E-state index contributed by atoms with van der Waals surface area (Å²) < 4.78 is 5.44. The summed E-state index contributed by atoms with van der Waals surface area (Å²) in [5.41, 5.74) is 1.40. The second-order valence-corrected chi connectivity index (χ2v) is 6.03. The number of ether oxygens (including phenoxy) is 1. The van der Waals surface area contributed by atoms with Gasteiger partial charge in [-0.3, -0.25) is 4.98 Å². The number of aromatic nitrogens is 2. The molecule has 0 aliphatic heterocycles. The minimum atomic E-state index is -0.664. The molecule has 1 aromatic heterocycles. The van der Waals surface area contributed by atoms with Crippen molar-refractivity contribution >= 4 is 40.8 Å². The van der Waals surface area contributed by atoms with Crippen molar-refractivity contribution in [1.29, 1.82) is 0 Å². The van der Waals surface area contributed by atoms with Gasteiger partial charge in [0.05, 0.1) is 11.2 Å². The van der Waals surface area contributed by atoms with Crippen molar-refractivity contribution in [3.8, 4) is 16.9 Å². The number of carbonyl (C=O) groups is 1. The molecule has 0 spiro atoms. The van der Waals surface area contributed by atoms with Gasteiger partial charge in [0, 0.05) is 28.0 Å². The maximum Gasteiger partial charge on any atom is 0.364 e. The fraction of sp³-hybridized carbons (Fsp3) is 0. The predicted octanol–water partition coefficient (Wildman–Crippen LogP) is 5.32. The van der Waals surface area contributed by atoms with Gasteiger partial charge < -0.3 is 4.74 Å². The molecular formula is C17H9Cl3N2O2. The number of nitrogens with zero attached hydrogens (tertiary/aromatic N) is 2. The monoisotopic (exact) mass is 378 g/mol. The first-order valence-electron chi connectivity index (χ1n) is 6.78. The van der Waals surface area contributed by atoms with E-state index in [1.807, 2.05) is 0 Å². The van der Waals surface area contributed by atoms with Crippen LogP contribution in [-0.4, -0.2) is 15.9 Å². The number of rotatable bonds is 3. The lowest BCUT2D eigenvalue weighted by Crippen LogP contribution is -2.11.